The molecule has 0 aromatic heterocycles. The van der Waals surface area contributed by atoms with Crippen molar-refractivity contribution in [3.05, 3.63) is 28.2 Å². The van der Waals surface area contributed by atoms with Crippen LogP contribution in [0.25, 0.3) is 0 Å². The molecular formula is C14H18BrClO. The highest BCUT2D eigenvalue weighted by Gasteiger charge is 2.20. The monoisotopic (exact) mass is 316 g/mol. The summed E-state index contributed by atoms with van der Waals surface area (Å²) < 4.78 is 7.07. The lowest BCUT2D eigenvalue weighted by atomic mass is 9.89. The second-order valence-electron chi connectivity index (χ2n) is 4.91. The first-order valence-corrected chi connectivity index (χ1v) is 7.53. The lowest BCUT2D eigenvalue weighted by molar-refractivity contribution is 0.128. The molecule has 2 atom stereocenters. The van der Waals surface area contributed by atoms with Crippen molar-refractivity contribution in [2.75, 3.05) is 0 Å². The Morgan fingerprint density at radius 3 is 2.88 bits per heavy atom. The van der Waals surface area contributed by atoms with E-state index in [0.29, 0.717) is 12.0 Å². The van der Waals surface area contributed by atoms with E-state index in [-0.39, 0.29) is 0 Å². The van der Waals surface area contributed by atoms with E-state index in [1.54, 1.807) is 0 Å². The van der Waals surface area contributed by atoms with Crippen molar-refractivity contribution in [1.82, 2.24) is 0 Å². The second-order valence-corrected chi connectivity index (χ2v) is 6.03. The van der Waals surface area contributed by atoms with Gasteiger partial charge in [0.25, 0.3) is 0 Å². The minimum absolute atomic E-state index is 0.372. The Morgan fingerprint density at radius 2 is 2.24 bits per heavy atom. The smallest absolute Gasteiger partial charge is 0.133 e. The molecular weight excluding hydrogens is 300 g/mol. The summed E-state index contributed by atoms with van der Waals surface area (Å²) in [6.07, 6.45) is 5.34. The fourth-order valence-corrected chi connectivity index (χ4v) is 3.07. The maximum atomic E-state index is 6.07. The summed E-state index contributed by atoms with van der Waals surface area (Å²) in [5, 5.41) is 0. The Morgan fingerprint density at radius 1 is 1.41 bits per heavy atom. The van der Waals surface area contributed by atoms with Crippen molar-refractivity contribution in [1.29, 1.82) is 0 Å². The van der Waals surface area contributed by atoms with Crippen molar-refractivity contribution >= 4 is 27.5 Å². The summed E-state index contributed by atoms with van der Waals surface area (Å²) in [5.41, 5.74) is 1.11. The van der Waals surface area contributed by atoms with Gasteiger partial charge < -0.3 is 4.74 Å². The van der Waals surface area contributed by atoms with E-state index < -0.39 is 0 Å². The zero-order valence-corrected chi connectivity index (χ0v) is 12.4. The third-order valence-corrected chi connectivity index (χ3v) is 4.26. The molecule has 94 valence electrons. The van der Waals surface area contributed by atoms with Gasteiger partial charge in [0.2, 0.25) is 0 Å². The minimum atomic E-state index is 0.372. The maximum absolute atomic E-state index is 6.07. The molecule has 0 spiro atoms. The predicted molar refractivity (Wildman–Crippen MR) is 75.7 cm³/mol. The number of alkyl halides is 1. The number of benzene rings is 1. The first-order chi connectivity index (χ1) is 8.19. The Labute approximate surface area is 117 Å². The molecule has 3 heteroatoms. The van der Waals surface area contributed by atoms with Crippen molar-refractivity contribution in [3.8, 4) is 5.75 Å². The van der Waals surface area contributed by atoms with Gasteiger partial charge in [0, 0.05) is 5.88 Å². The molecule has 0 bridgehead atoms. The zero-order valence-electron chi connectivity index (χ0n) is 10.1. The molecule has 2 rings (SSSR count). The fourth-order valence-electron chi connectivity index (χ4n) is 2.39. The van der Waals surface area contributed by atoms with Gasteiger partial charge in [0.05, 0.1) is 10.6 Å². The van der Waals surface area contributed by atoms with Gasteiger partial charge in [-0.1, -0.05) is 19.4 Å². The van der Waals surface area contributed by atoms with Crippen LogP contribution in [0.3, 0.4) is 0 Å². The van der Waals surface area contributed by atoms with Crippen LogP contribution in [0.4, 0.5) is 0 Å². The summed E-state index contributed by atoms with van der Waals surface area (Å²) in [7, 11) is 0. The van der Waals surface area contributed by atoms with E-state index in [9.17, 15) is 0 Å². The highest BCUT2D eigenvalue weighted by atomic mass is 79.9. The van der Waals surface area contributed by atoms with Gasteiger partial charge in [0.1, 0.15) is 5.75 Å². The molecule has 0 radical (unpaired) electrons. The van der Waals surface area contributed by atoms with E-state index in [2.05, 4.69) is 22.9 Å². The van der Waals surface area contributed by atoms with Crippen LogP contribution in [0, 0.1) is 5.92 Å². The maximum Gasteiger partial charge on any atom is 0.133 e. The van der Waals surface area contributed by atoms with Gasteiger partial charge >= 0.3 is 0 Å². The standard InChI is InChI=1S/C14H18BrClO/c1-10-3-2-4-12(7-10)17-14-6-5-11(9-16)8-13(14)15/h5-6,8,10,12H,2-4,7,9H2,1H3. The van der Waals surface area contributed by atoms with Crippen LogP contribution in [0.2, 0.25) is 0 Å². The van der Waals surface area contributed by atoms with E-state index in [0.717, 1.165) is 21.7 Å². The van der Waals surface area contributed by atoms with Crippen LogP contribution in [0.1, 0.15) is 38.2 Å². The van der Waals surface area contributed by atoms with Crippen LogP contribution < -0.4 is 4.74 Å². The number of ether oxygens (including phenoxy) is 1. The Bertz CT molecular complexity index is 380. The molecule has 0 amide bonds. The average Bonchev–Trinajstić information content (AvgIpc) is 2.32. The molecule has 1 saturated carbocycles. The third kappa shape index (κ3) is 3.62. The Hall–Kier alpha value is -0.210. The summed E-state index contributed by atoms with van der Waals surface area (Å²) in [6.45, 7) is 2.31. The molecule has 1 fully saturated rings. The van der Waals surface area contributed by atoms with Crippen LogP contribution in [0.15, 0.2) is 22.7 Å². The SMILES string of the molecule is CC1CCCC(Oc2ccc(CCl)cc2Br)C1. The first kappa shape index (κ1) is 13.2. The quantitative estimate of drug-likeness (QED) is 0.701. The minimum Gasteiger partial charge on any atom is -0.489 e. The van der Waals surface area contributed by atoms with Crippen molar-refractivity contribution < 1.29 is 4.74 Å². The van der Waals surface area contributed by atoms with Crippen molar-refractivity contribution in [3.63, 3.8) is 0 Å². The number of hydrogen-bond acceptors (Lipinski definition) is 1. The molecule has 1 nitrogen and oxygen atoms in total. The van der Waals surface area contributed by atoms with Gasteiger partial charge in [-0.15, -0.1) is 11.6 Å². The summed E-state index contributed by atoms with van der Waals surface area (Å²) in [6, 6.07) is 6.08. The molecule has 0 N–H and O–H groups in total. The molecule has 0 saturated heterocycles. The van der Waals surface area contributed by atoms with Gasteiger partial charge in [-0.3, -0.25) is 0 Å². The van der Waals surface area contributed by atoms with E-state index >= 15 is 0 Å². The topological polar surface area (TPSA) is 9.23 Å². The molecule has 0 aliphatic heterocycles. The molecule has 1 aliphatic rings. The van der Waals surface area contributed by atoms with Crippen molar-refractivity contribution in [2.24, 2.45) is 5.92 Å². The van der Waals surface area contributed by atoms with Crippen LogP contribution in [0.5, 0.6) is 5.75 Å². The average molecular weight is 318 g/mol. The number of rotatable bonds is 3. The highest BCUT2D eigenvalue weighted by Crippen LogP contribution is 2.32. The van der Waals surface area contributed by atoms with E-state index in [1.807, 2.05) is 18.2 Å². The van der Waals surface area contributed by atoms with E-state index in [4.69, 9.17) is 16.3 Å². The largest absolute Gasteiger partial charge is 0.489 e. The summed E-state index contributed by atoms with van der Waals surface area (Å²) in [5.74, 6) is 2.27. The molecule has 0 heterocycles. The zero-order chi connectivity index (χ0) is 12.3. The normalized spacial score (nSPS) is 24.6. The van der Waals surface area contributed by atoms with Crippen LogP contribution in [-0.2, 0) is 5.88 Å². The molecule has 17 heavy (non-hydrogen) atoms. The fraction of sp³-hybridized carbons (Fsp3) is 0.571. The van der Waals surface area contributed by atoms with Crippen LogP contribution in [-0.4, -0.2) is 6.10 Å². The highest BCUT2D eigenvalue weighted by molar-refractivity contribution is 9.10. The number of halogens is 2. The van der Waals surface area contributed by atoms with Gasteiger partial charge in [0.15, 0.2) is 0 Å². The van der Waals surface area contributed by atoms with Crippen LogP contribution >= 0.6 is 27.5 Å². The lowest BCUT2D eigenvalue weighted by Gasteiger charge is -2.27. The molecule has 1 aliphatic carbocycles. The van der Waals surface area contributed by atoms with Gasteiger partial charge in [-0.2, -0.15) is 0 Å². The van der Waals surface area contributed by atoms with Gasteiger partial charge in [-0.25, -0.2) is 0 Å². The Balaban J connectivity index is 2.02. The predicted octanol–water partition coefficient (Wildman–Crippen LogP) is 5.15. The molecule has 1 aromatic carbocycles. The second kappa shape index (κ2) is 6.10. The summed E-state index contributed by atoms with van der Waals surface area (Å²) in [4.78, 5) is 0. The number of hydrogen-bond donors (Lipinski definition) is 0. The first-order valence-electron chi connectivity index (χ1n) is 6.20. The van der Waals surface area contributed by atoms with Crippen molar-refractivity contribution in [2.45, 2.75) is 44.6 Å². The lowest BCUT2D eigenvalue weighted by Crippen LogP contribution is -2.24. The summed E-state index contributed by atoms with van der Waals surface area (Å²) >= 11 is 9.35. The third-order valence-electron chi connectivity index (χ3n) is 3.33. The molecule has 2 unspecified atom stereocenters. The van der Waals surface area contributed by atoms with Gasteiger partial charge in [-0.05, 0) is 58.8 Å². The van der Waals surface area contributed by atoms with E-state index in [1.165, 1.54) is 25.7 Å². The Kier molecular flexibility index (Phi) is 4.75. The molecule has 1 aromatic rings.